The third-order valence-corrected chi connectivity index (χ3v) is 3.07. The number of nitrogens with zero attached hydrogens (tertiary/aromatic N) is 1. The molecule has 1 aliphatic rings. The molecule has 3 nitrogen and oxygen atoms in total. The number of anilines is 1. The van der Waals surface area contributed by atoms with Crippen molar-refractivity contribution in [3.05, 3.63) is 28.2 Å². The van der Waals surface area contributed by atoms with Gasteiger partial charge in [-0.25, -0.2) is 0 Å². The summed E-state index contributed by atoms with van der Waals surface area (Å²) in [6.07, 6.45) is 0.911. The summed E-state index contributed by atoms with van der Waals surface area (Å²) in [5.41, 5.74) is 0.825. The first kappa shape index (κ1) is 11.6. The summed E-state index contributed by atoms with van der Waals surface area (Å²) in [7, 11) is 0. The number of halogens is 2. The van der Waals surface area contributed by atoms with Crippen molar-refractivity contribution in [3.63, 3.8) is 0 Å². The van der Waals surface area contributed by atoms with Crippen LogP contribution in [0.15, 0.2) is 18.2 Å². The van der Waals surface area contributed by atoms with Gasteiger partial charge < -0.3 is 10.2 Å². The molecule has 0 radical (unpaired) electrons. The number of amides is 1. The van der Waals surface area contributed by atoms with Crippen LogP contribution >= 0.6 is 23.2 Å². The maximum atomic E-state index is 11.4. The fraction of sp³-hybridized carbons (Fsp3) is 0.364. The van der Waals surface area contributed by atoms with Gasteiger partial charge in [0.15, 0.2) is 0 Å². The number of hydrogen-bond donors (Lipinski definition) is 1. The Hall–Kier alpha value is -0.930. The Morgan fingerprint density at radius 2 is 2.12 bits per heavy atom. The molecule has 2 rings (SSSR count). The molecule has 0 bridgehead atoms. The van der Waals surface area contributed by atoms with Gasteiger partial charge in [0, 0.05) is 18.1 Å². The van der Waals surface area contributed by atoms with Crippen LogP contribution < -0.4 is 10.2 Å². The van der Waals surface area contributed by atoms with Gasteiger partial charge in [-0.05, 0) is 24.6 Å². The van der Waals surface area contributed by atoms with Crippen LogP contribution in [0.25, 0.3) is 0 Å². The molecule has 1 heterocycles. The standard InChI is InChI=1S/C11H12Cl2N2O/c12-8-2-3-9(13)10(6-8)15-5-1-4-14-11(16)7-15/h2-3,6H,1,4-5,7H2,(H,14,16). The lowest BCUT2D eigenvalue weighted by atomic mass is 10.2. The van der Waals surface area contributed by atoms with E-state index >= 15 is 0 Å². The number of nitrogens with one attached hydrogen (secondary N) is 1. The topological polar surface area (TPSA) is 32.3 Å². The molecule has 1 aromatic carbocycles. The van der Waals surface area contributed by atoms with E-state index in [4.69, 9.17) is 23.2 Å². The van der Waals surface area contributed by atoms with Crippen molar-refractivity contribution in [2.75, 3.05) is 24.5 Å². The minimum atomic E-state index is 0.0218. The fourth-order valence-corrected chi connectivity index (χ4v) is 2.14. The average Bonchev–Trinajstić information content (AvgIpc) is 2.46. The molecule has 16 heavy (non-hydrogen) atoms. The first-order chi connectivity index (χ1) is 7.66. The number of hydrogen-bond acceptors (Lipinski definition) is 2. The quantitative estimate of drug-likeness (QED) is 0.839. The molecular formula is C11H12Cl2N2O. The number of carbonyl (C=O) groups is 1. The van der Waals surface area contributed by atoms with E-state index in [1.165, 1.54) is 0 Å². The molecule has 0 aliphatic carbocycles. The second kappa shape index (κ2) is 4.93. The molecule has 0 spiro atoms. The Bertz CT molecular complexity index is 409. The zero-order chi connectivity index (χ0) is 11.5. The molecule has 5 heteroatoms. The molecule has 0 atom stereocenters. The van der Waals surface area contributed by atoms with E-state index in [-0.39, 0.29) is 5.91 Å². The van der Waals surface area contributed by atoms with E-state index < -0.39 is 0 Å². The van der Waals surface area contributed by atoms with Crippen molar-refractivity contribution in [2.24, 2.45) is 0 Å². The molecule has 1 N–H and O–H groups in total. The number of rotatable bonds is 1. The largest absolute Gasteiger partial charge is 0.361 e. The molecule has 0 saturated carbocycles. The third kappa shape index (κ3) is 2.60. The fourth-order valence-electron chi connectivity index (χ4n) is 1.74. The van der Waals surface area contributed by atoms with E-state index in [1.807, 2.05) is 4.90 Å². The van der Waals surface area contributed by atoms with Crippen LogP contribution in [0.3, 0.4) is 0 Å². The molecule has 1 fully saturated rings. The minimum absolute atomic E-state index is 0.0218. The molecule has 1 saturated heterocycles. The SMILES string of the molecule is O=C1CN(c2cc(Cl)ccc2Cl)CCCN1. The van der Waals surface area contributed by atoms with Gasteiger partial charge in [0.05, 0.1) is 17.3 Å². The van der Waals surface area contributed by atoms with Gasteiger partial charge in [0.25, 0.3) is 0 Å². The van der Waals surface area contributed by atoms with Crippen molar-refractivity contribution in [2.45, 2.75) is 6.42 Å². The highest BCUT2D eigenvalue weighted by atomic mass is 35.5. The van der Waals surface area contributed by atoms with Crippen molar-refractivity contribution < 1.29 is 4.79 Å². The van der Waals surface area contributed by atoms with Crippen molar-refractivity contribution >= 4 is 34.8 Å². The van der Waals surface area contributed by atoms with Crippen LogP contribution in [0, 0.1) is 0 Å². The van der Waals surface area contributed by atoms with Crippen LogP contribution in [0.2, 0.25) is 10.0 Å². The predicted octanol–water partition coefficient (Wildman–Crippen LogP) is 2.32. The maximum Gasteiger partial charge on any atom is 0.239 e. The summed E-state index contributed by atoms with van der Waals surface area (Å²) in [5, 5.41) is 4.07. The Labute approximate surface area is 104 Å². The summed E-state index contributed by atoms with van der Waals surface area (Å²) in [6, 6.07) is 5.29. The third-order valence-electron chi connectivity index (χ3n) is 2.51. The highest BCUT2D eigenvalue weighted by molar-refractivity contribution is 6.35. The van der Waals surface area contributed by atoms with E-state index in [1.54, 1.807) is 18.2 Å². The lowest BCUT2D eigenvalue weighted by Gasteiger charge is -2.22. The second-order valence-electron chi connectivity index (χ2n) is 3.72. The lowest BCUT2D eigenvalue weighted by Crippen LogP contribution is -2.33. The van der Waals surface area contributed by atoms with E-state index in [2.05, 4.69) is 5.32 Å². The Balaban J connectivity index is 2.27. The lowest BCUT2D eigenvalue weighted by molar-refractivity contribution is -0.119. The Kier molecular flexibility index (Phi) is 3.56. The second-order valence-corrected chi connectivity index (χ2v) is 4.56. The Morgan fingerprint density at radius 1 is 1.31 bits per heavy atom. The van der Waals surface area contributed by atoms with Gasteiger partial charge in [-0.3, -0.25) is 4.79 Å². The van der Waals surface area contributed by atoms with Crippen LogP contribution in [-0.4, -0.2) is 25.5 Å². The average molecular weight is 259 g/mol. The molecule has 1 amide bonds. The number of benzene rings is 1. The van der Waals surface area contributed by atoms with Crippen molar-refractivity contribution in [1.29, 1.82) is 0 Å². The van der Waals surface area contributed by atoms with Gasteiger partial charge in [0.2, 0.25) is 5.91 Å². The highest BCUT2D eigenvalue weighted by Crippen LogP contribution is 2.29. The summed E-state index contributed by atoms with van der Waals surface area (Å²) in [4.78, 5) is 13.4. The zero-order valence-electron chi connectivity index (χ0n) is 8.67. The Morgan fingerprint density at radius 3 is 2.94 bits per heavy atom. The van der Waals surface area contributed by atoms with Crippen molar-refractivity contribution in [3.8, 4) is 0 Å². The normalized spacial score (nSPS) is 16.9. The van der Waals surface area contributed by atoms with Gasteiger partial charge in [-0.1, -0.05) is 23.2 Å². The van der Waals surface area contributed by atoms with Gasteiger partial charge in [0.1, 0.15) is 0 Å². The molecule has 0 unspecified atom stereocenters. The van der Waals surface area contributed by atoms with E-state index in [9.17, 15) is 4.79 Å². The van der Waals surface area contributed by atoms with Crippen LogP contribution in [0.5, 0.6) is 0 Å². The van der Waals surface area contributed by atoms with Gasteiger partial charge >= 0.3 is 0 Å². The summed E-state index contributed by atoms with van der Waals surface area (Å²) in [6.45, 7) is 1.85. The van der Waals surface area contributed by atoms with Crippen molar-refractivity contribution in [1.82, 2.24) is 5.32 Å². The van der Waals surface area contributed by atoms with E-state index in [0.717, 1.165) is 18.7 Å². The number of carbonyl (C=O) groups excluding carboxylic acids is 1. The van der Waals surface area contributed by atoms with Gasteiger partial charge in [-0.2, -0.15) is 0 Å². The molecule has 0 aromatic heterocycles. The summed E-state index contributed by atoms with van der Waals surface area (Å²) >= 11 is 12.0. The molecule has 1 aromatic rings. The van der Waals surface area contributed by atoms with E-state index in [0.29, 0.717) is 23.1 Å². The monoisotopic (exact) mass is 258 g/mol. The first-order valence-electron chi connectivity index (χ1n) is 5.13. The van der Waals surface area contributed by atoms with Crippen LogP contribution in [-0.2, 0) is 4.79 Å². The molecular weight excluding hydrogens is 247 g/mol. The summed E-state index contributed by atoms with van der Waals surface area (Å²) < 4.78 is 0. The van der Waals surface area contributed by atoms with Crippen LogP contribution in [0.1, 0.15) is 6.42 Å². The molecule has 1 aliphatic heterocycles. The highest BCUT2D eigenvalue weighted by Gasteiger charge is 2.17. The predicted molar refractivity (Wildman–Crippen MR) is 66.3 cm³/mol. The van der Waals surface area contributed by atoms with Crippen LogP contribution in [0.4, 0.5) is 5.69 Å². The minimum Gasteiger partial charge on any atom is -0.361 e. The first-order valence-corrected chi connectivity index (χ1v) is 5.89. The summed E-state index contributed by atoms with van der Waals surface area (Å²) in [5.74, 6) is 0.0218. The molecule has 86 valence electrons. The maximum absolute atomic E-state index is 11.4. The zero-order valence-corrected chi connectivity index (χ0v) is 10.2. The smallest absolute Gasteiger partial charge is 0.239 e. The van der Waals surface area contributed by atoms with Gasteiger partial charge in [-0.15, -0.1) is 0 Å².